The van der Waals surface area contributed by atoms with Gasteiger partial charge in [-0.2, -0.15) is 0 Å². The summed E-state index contributed by atoms with van der Waals surface area (Å²) in [7, 11) is 5.26. The summed E-state index contributed by atoms with van der Waals surface area (Å²) in [5.41, 5.74) is 0. The Hall–Kier alpha value is -4.34. The Balaban J connectivity index is -0.0000000675. The third-order valence-corrected chi connectivity index (χ3v) is 3.86. The van der Waals surface area contributed by atoms with Crippen molar-refractivity contribution in [1.29, 1.82) is 0 Å². The summed E-state index contributed by atoms with van der Waals surface area (Å²) in [5.74, 6) is 0.645. The molecule has 0 atom stereocenters. The van der Waals surface area contributed by atoms with Crippen LogP contribution in [0.15, 0.2) is 0 Å². The minimum atomic E-state index is -0.605. The van der Waals surface area contributed by atoms with E-state index in [0.717, 1.165) is 25.7 Å². The summed E-state index contributed by atoms with van der Waals surface area (Å²) in [6.07, 6.45) is 16.3. The third kappa shape index (κ3) is 72.2. The standard InChI is InChI=1S/C9H16O4.C8H14O4.C5H10O3.C4H8O2.C3H4.C2H2.2H3N/c1-3-4-7-13-9(11)6-5-8(10)12-2;1-3-6-12-8(10)5-4-7(9)11-2;1-3-4-8-5(6)7-2;1-3-4(5)6-2;1-3-2;1-2;;/h3-7H2,1-2H3;3-6H2,1-2H3;3-4H2,1-2H3;3H2,1-2H3;1H,2H3;1-2H;2*1H3. The quantitative estimate of drug-likeness (QED) is 0.105. The Morgan fingerprint density at radius 2 is 0.848 bits per heavy atom. The van der Waals surface area contributed by atoms with Crippen LogP contribution in [0, 0.1) is 25.2 Å². The van der Waals surface area contributed by atoms with Gasteiger partial charge in [-0.1, -0.05) is 34.1 Å². The summed E-state index contributed by atoms with van der Waals surface area (Å²) in [6, 6.07) is 0. The molecule has 0 unspecified atom stereocenters. The highest BCUT2D eigenvalue weighted by atomic mass is 16.7. The second-order valence-corrected chi connectivity index (χ2v) is 7.47. The number of ether oxygens (including phenoxy) is 7. The van der Waals surface area contributed by atoms with Gasteiger partial charge in [0.2, 0.25) is 0 Å². The molecule has 0 aromatic rings. The van der Waals surface area contributed by atoms with Crippen LogP contribution in [0.5, 0.6) is 0 Å². The molecule has 0 bridgehead atoms. The molecule has 0 aliphatic heterocycles. The fourth-order valence-corrected chi connectivity index (χ4v) is 1.69. The number of esters is 5. The molecular weight excluding hydrogens is 608 g/mol. The molecule has 0 heterocycles. The molecule has 0 radical (unpaired) electrons. The number of unbranched alkanes of at least 4 members (excludes halogenated alkanes) is 1. The maximum atomic E-state index is 10.9. The lowest BCUT2D eigenvalue weighted by molar-refractivity contribution is -0.149. The Morgan fingerprint density at radius 3 is 1.11 bits per heavy atom. The largest absolute Gasteiger partial charge is 0.507 e. The fourth-order valence-electron chi connectivity index (χ4n) is 1.69. The summed E-state index contributed by atoms with van der Waals surface area (Å²) in [4.78, 5) is 63.0. The van der Waals surface area contributed by atoms with E-state index < -0.39 is 6.16 Å². The summed E-state index contributed by atoms with van der Waals surface area (Å²) < 4.78 is 31.2. The lowest BCUT2D eigenvalue weighted by atomic mass is 10.3. The van der Waals surface area contributed by atoms with Crippen LogP contribution in [0.4, 0.5) is 4.79 Å². The number of carbonyl (C=O) groups is 6. The fraction of sp³-hybridized carbons (Fsp3) is 0.677. The van der Waals surface area contributed by atoms with Gasteiger partial charge in [0.15, 0.2) is 0 Å². The Morgan fingerprint density at radius 1 is 0.522 bits per heavy atom. The smallest absolute Gasteiger partial charge is 0.469 e. The second kappa shape index (κ2) is 56.4. The highest BCUT2D eigenvalue weighted by molar-refractivity contribution is 5.78. The Bertz CT molecular complexity index is 774. The average Bonchev–Trinajstić information content (AvgIpc) is 3.05. The van der Waals surface area contributed by atoms with Gasteiger partial charge in [-0.25, -0.2) is 4.79 Å². The van der Waals surface area contributed by atoms with E-state index in [1.54, 1.807) is 13.8 Å². The van der Waals surface area contributed by atoms with Crippen LogP contribution in [-0.4, -0.2) is 84.3 Å². The van der Waals surface area contributed by atoms with Crippen molar-refractivity contribution < 1.29 is 61.9 Å². The normalized spacial score (nSPS) is 7.70. The molecule has 15 heteroatoms. The van der Waals surface area contributed by atoms with Crippen molar-refractivity contribution in [3.05, 3.63) is 0 Å². The zero-order chi connectivity index (χ0) is 35.6. The van der Waals surface area contributed by atoms with Crippen molar-refractivity contribution in [1.82, 2.24) is 12.3 Å². The van der Waals surface area contributed by atoms with Gasteiger partial charge in [0, 0.05) is 6.42 Å². The monoisotopic (exact) mass is 668 g/mol. The molecule has 0 aromatic heterocycles. The highest BCUT2D eigenvalue weighted by Gasteiger charge is 2.07. The van der Waals surface area contributed by atoms with E-state index >= 15 is 0 Å². The highest BCUT2D eigenvalue weighted by Crippen LogP contribution is 1.97. The van der Waals surface area contributed by atoms with E-state index in [9.17, 15) is 28.8 Å². The van der Waals surface area contributed by atoms with Gasteiger partial charge >= 0.3 is 36.0 Å². The van der Waals surface area contributed by atoms with Crippen molar-refractivity contribution >= 4 is 36.0 Å². The maximum Gasteiger partial charge on any atom is 0.507 e. The van der Waals surface area contributed by atoms with Crippen molar-refractivity contribution in [3.63, 3.8) is 0 Å². The van der Waals surface area contributed by atoms with Crippen LogP contribution in [0.3, 0.4) is 0 Å². The lowest BCUT2D eigenvalue weighted by Gasteiger charge is -2.02. The predicted octanol–water partition coefficient (Wildman–Crippen LogP) is 5.14. The molecule has 0 aliphatic carbocycles. The maximum absolute atomic E-state index is 10.9. The number of methoxy groups -OCH3 is 4. The average molecular weight is 669 g/mol. The minimum Gasteiger partial charge on any atom is -0.469 e. The first-order valence-electron chi connectivity index (χ1n) is 13.9. The number of hydrogen-bond donors (Lipinski definition) is 2. The molecule has 0 amide bonds. The van der Waals surface area contributed by atoms with E-state index in [-0.39, 0.29) is 67.8 Å². The molecule has 46 heavy (non-hydrogen) atoms. The molecule has 6 N–H and O–H groups in total. The summed E-state index contributed by atoms with van der Waals surface area (Å²) in [6.45, 7) is 10.5. The molecule has 0 rings (SSSR count). The molecule has 272 valence electrons. The predicted molar refractivity (Wildman–Crippen MR) is 175 cm³/mol. The second-order valence-electron chi connectivity index (χ2n) is 7.47. The first kappa shape index (κ1) is 60.8. The molecule has 0 spiro atoms. The first-order chi connectivity index (χ1) is 20.9. The third-order valence-electron chi connectivity index (χ3n) is 3.86. The minimum absolute atomic E-state index is 0. The SMILES string of the molecule is C#C.C#CC.CCC(=O)OC.CCCCOC(=O)CCC(=O)OC.CCCOC(=O)CCC(=O)OC.CCCOC(=O)OC.N.N. The van der Waals surface area contributed by atoms with Crippen LogP contribution in [0.2, 0.25) is 0 Å². The van der Waals surface area contributed by atoms with Crippen LogP contribution < -0.4 is 12.3 Å². The van der Waals surface area contributed by atoms with Gasteiger partial charge in [-0.15, -0.1) is 25.2 Å². The Kier molecular flexibility index (Phi) is 74.6. The zero-order valence-electron chi connectivity index (χ0n) is 29.4. The Labute approximate surface area is 276 Å². The van der Waals surface area contributed by atoms with Gasteiger partial charge in [0.05, 0.1) is 73.9 Å². The van der Waals surface area contributed by atoms with Crippen LogP contribution >= 0.6 is 0 Å². The van der Waals surface area contributed by atoms with Crippen molar-refractivity contribution in [2.45, 2.75) is 92.4 Å². The van der Waals surface area contributed by atoms with Gasteiger partial charge in [-0.05, 0) is 26.2 Å². The van der Waals surface area contributed by atoms with E-state index in [2.05, 4.69) is 48.9 Å². The van der Waals surface area contributed by atoms with E-state index in [1.165, 1.54) is 28.4 Å². The molecule has 0 saturated carbocycles. The number of hydrogen-bond acceptors (Lipinski definition) is 15. The molecule has 0 fully saturated rings. The molecule has 15 nitrogen and oxygen atoms in total. The lowest BCUT2D eigenvalue weighted by Crippen LogP contribution is -2.09. The van der Waals surface area contributed by atoms with Crippen molar-refractivity contribution in [3.8, 4) is 25.2 Å². The van der Waals surface area contributed by atoms with Gasteiger partial charge in [0.25, 0.3) is 0 Å². The van der Waals surface area contributed by atoms with E-state index in [1.807, 2.05) is 20.8 Å². The number of terminal acetylenes is 2. The van der Waals surface area contributed by atoms with Crippen LogP contribution in [0.25, 0.3) is 0 Å². The zero-order valence-corrected chi connectivity index (χ0v) is 29.4. The molecular formula is C31H60N2O13. The van der Waals surface area contributed by atoms with Crippen LogP contribution in [-0.2, 0) is 57.1 Å². The van der Waals surface area contributed by atoms with Crippen molar-refractivity contribution in [2.24, 2.45) is 0 Å². The van der Waals surface area contributed by atoms with Crippen LogP contribution in [0.1, 0.15) is 92.4 Å². The van der Waals surface area contributed by atoms with E-state index in [0.29, 0.717) is 26.2 Å². The molecule has 0 aromatic carbocycles. The molecule has 0 saturated heterocycles. The summed E-state index contributed by atoms with van der Waals surface area (Å²) in [5, 5.41) is 0. The summed E-state index contributed by atoms with van der Waals surface area (Å²) >= 11 is 0. The van der Waals surface area contributed by atoms with Gasteiger partial charge in [-0.3, -0.25) is 24.0 Å². The number of rotatable bonds is 14. The first-order valence-corrected chi connectivity index (χ1v) is 13.9. The van der Waals surface area contributed by atoms with Gasteiger partial charge < -0.3 is 45.5 Å². The van der Waals surface area contributed by atoms with Gasteiger partial charge in [0.1, 0.15) is 0 Å². The van der Waals surface area contributed by atoms with Crippen molar-refractivity contribution in [2.75, 3.05) is 48.3 Å². The topological polar surface area (TPSA) is 237 Å². The van der Waals surface area contributed by atoms with E-state index in [4.69, 9.17) is 9.47 Å². The molecule has 0 aliphatic rings. The number of carbonyl (C=O) groups excluding carboxylic acids is 6.